The Morgan fingerprint density at radius 2 is 1.83 bits per heavy atom. The Labute approximate surface area is 133 Å². The molecule has 0 saturated heterocycles. The molecule has 6 heteroatoms. The second-order valence-electron chi connectivity index (χ2n) is 6.99. The molecule has 2 aliphatic rings. The summed E-state index contributed by atoms with van der Waals surface area (Å²) < 4.78 is 0. The molecule has 1 amide bonds. The molecule has 0 unspecified atom stereocenters. The van der Waals surface area contributed by atoms with Crippen molar-refractivity contribution in [2.24, 2.45) is 5.41 Å². The van der Waals surface area contributed by atoms with Gasteiger partial charge in [0.1, 0.15) is 0 Å². The molecule has 1 aliphatic carbocycles. The monoisotopic (exact) mass is 314 g/mol. The average Bonchev–Trinajstić information content (AvgIpc) is 2.44. The Balaban J connectivity index is 2.02. The first kappa shape index (κ1) is 15.4. The number of amides is 1. The quantitative estimate of drug-likeness (QED) is 0.671. The number of hydrogen-bond donors (Lipinski definition) is 1. The lowest BCUT2D eigenvalue weighted by atomic mass is 9.70. The summed E-state index contributed by atoms with van der Waals surface area (Å²) in [6.07, 6.45) is 1.30. The Hall–Kier alpha value is -2.50. The van der Waals surface area contributed by atoms with Crippen molar-refractivity contribution in [3.63, 3.8) is 0 Å². The fourth-order valence-electron chi connectivity index (χ4n) is 3.47. The molecule has 0 spiro atoms. The number of hydrogen-bond acceptors (Lipinski definition) is 4. The molecule has 0 aromatic heterocycles. The van der Waals surface area contributed by atoms with E-state index in [2.05, 4.69) is 5.32 Å². The van der Waals surface area contributed by atoms with E-state index < -0.39 is 4.92 Å². The molecule has 23 heavy (non-hydrogen) atoms. The van der Waals surface area contributed by atoms with Crippen molar-refractivity contribution in [3.05, 3.63) is 51.2 Å². The highest BCUT2D eigenvalue weighted by Crippen LogP contribution is 2.43. The number of carbonyl (C=O) groups excluding carboxylic acids is 2. The number of nitro benzene ring substituents is 1. The van der Waals surface area contributed by atoms with Gasteiger partial charge in [-0.1, -0.05) is 26.0 Å². The third kappa shape index (κ3) is 2.88. The molecule has 1 aromatic carbocycles. The molecule has 120 valence electrons. The molecular weight excluding hydrogens is 296 g/mol. The van der Waals surface area contributed by atoms with E-state index in [0.717, 1.165) is 5.56 Å². The second kappa shape index (κ2) is 5.30. The van der Waals surface area contributed by atoms with E-state index in [0.29, 0.717) is 24.1 Å². The normalized spacial score (nSPS) is 23.3. The number of nitro groups is 1. The van der Waals surface area contributed by atoms with E-state index in [1.165, 1.54) is 12.1 Å². The molecule has 3 rings (SSSR count). The molecule has 0 radical (unpaired) electrons. The predicted molar refractivity (Wildman–Crippen MR) is 83.6 cm³/mol. The van der Waals surface area contributed by atoms with Crippen molar-refractivity contribution >= 4 is 17.4 Å². The first-order valence-corrected chi connectivity index (χ1v) is 7.57. The third-order valence-corrected chi connectivity index (χ3v) is 4.45. The summed E-state index contributed by atoms with van der Waals surface area (Å²) in [5, 5.41) is 13.6. The smallest absolute Gasteiger partial charge is 0.269 e. The maximum atomic E-state index is 12.6. The molecule has 1 aliphatic heterocycles. The van der Waals surface area contributed by atoms with Gasteiger partial charge in [-0.05, 0) is 17.4 Å². The van der Waals surface area contributed by atoms with E-state index in [-0.39, 0.29) is 35.1 Å². The molecule has 1 heterocycles. The van der Waals surface area contributed by atoms with Gasteiger partial charge in [0.25, 0.3) is 5.69 Å². The lowest BCUT2D eigenvalue weighted by Gasteiger charge is -2.37. The van der Waals surface area contributed by atoms with Crippen LogP contribution in [0.5, 0.6) is 0 Å². The third-order valence-electron chi connectivity index (χ3n) is 4.45. The first-order valence-electron chi connectivity index (χ1n) is 7.57. The highest BCUT2D eigenvalue weighted by Gasteiger charge is 2.40. The number of benzene rings is 1. The Kier molecular flexibility index (Phi) is 3.55. The Bertz CT molecular complexity index is 731. The maximum Gasteiger partial charge on any atom is 0.269 e. The van der Waals surface area contributed by atoms with Gasteiger partial charge in [-0.3, -0.25) is 19.7 Å². The number of Topliss-reactive ketones (excluding diaryl/α,β-unsaturated/α-hetero) is 1. The number of carbonyl (C=O) groups is 2. The summed E-state index contributed by atoms with van der Waals surface area (Å²) in [7, 11) is 0. The molecule has 0 bridgehead atoms. The number of rotatable bonds is 2. The highest BCUT2D eigenvalue weighted by atomic mass is 16.6. The largest absolute Gasteiger partial charge is 0.329 e. The zero-order valence-electron chi connectivity index (χ0n) is 13.1. The van der Waals surface area contributed by atoms with E-state index in [4.69, 9.17) is 0 Å². The van der Waals surface area contributed by atoms with Gasteiger partial charge in [-0.25, -0.2) is 0 Å². The zero-order valence-corrected chi connectivity index (χ0v) is 13.1. The van der Waals surface area contributed by atoms with Crippen LogP contribution in [0.25, 0.3) is 0 Å². The van der Waals surface area contributed by atoms with Crippen molar-refractivity contribution in [2.45, 2.75) is 39.0 Å². The average molecular weight is 314 g/mol. The van der Waals surface area contributed by atoms with Crippen molar-refractivity contribution in [1.29, 1.82) is 0 Å². The predicted octanol–water partition coefficient (Wildman–Crippen LogP) is 2.84. The fourth-order valence-corrected chi connectivity index (χ4v) is 3.47. The number of allylic oxidation sites excluding steroid dienone is 2. The Morgan fingerprint density at radius 1 is 1.17 bits per heavy atom. The van der Waals surface area contributed by atoms with Gasteiger partial charge in [-0.15, -0.1) is 0 Å². The molecular formula is C17H18N2O4. The minimum atomic E-state index is -0.462. The minimum absolute atomic E-state index is 0.000631. The van der Waals surface area contributed by atoms with Crippen LogP contribution in [0, 0.1) is 15.5 Å². The van der Waals surface area contributed by atoms with Gasteiger partial charge in [0.15, 0.2) is 5.78 Å². The van der Waals surface area contributed by atoms with Crippen LogP contribution < -0.4 is 5.32 Å². The van der Waals surface area contributed by atoms with Gasteiger partial charge in [0.2, 0.25) is 5.91 Å². The van der Waals surface area contributed by atoms with Gasteiger partial charge in [-0.2, -0.15) is 0 Å². The maximum absolute atomic E-state index is 12.6. The summed E-state index contributed by atoms with van der Waals surface area (Å²) in [6.45, 7) is 4.02. The zero-order chi connectivity index (χ0) is 16.8. The lowest BCUT2D eigenvalue weighted by Crippen LogP contribution is -2.40. The summed E-state index contributed by atoms with van der Waals surface area (Å²) in [4.78, 5) is 34.9. The number of nitrogens with one attached hydrogen (secondary N) is 1. The van der Waals surface area contributed by atoms with Gasteiger partial charge in [0, 0.05) is 42.2 Å². The lowest BCUT2D eigenvalue weighted by molar-refractivity contribution is -0.384. The fraction of sp³-hybridized carbons (Fsp3) is 0.412. The molecule has 1 atom stereocenters. The Morgan fingerprint density at radius 3 is 2.43 bits per heavy atom. The number of non-ortho nitro benzene ring substituents is 1. The highest BCUT2D eigenvalue weighted by molar-refractivity contribution is 6.02. The van der Waals surface area contributed by atoms with Crippen LogP contribution in [0.1, 0.15) is 44.6 Å². The second-order valence-corrected chi connectivity index (χ2v) is 6.99. The van der Waals surface area contributed by atoms with Crippen LogP contribution in [0.3, 0.4) is 0 Å². The van der Waals surface area contributed by atoms with Gasteiger partial charge < -0.3 is 5.32 Å². The van der Waals surface area contributed by atoms with Crippen molar-refractivity contribution in [1.82, 2.24) is 5.32 Å². The molecule has 0 fully saturated rings. The summed E-state index contributed by atoms with van der Waals surface area (Å²) in [5.41, 5.74) is 1.98. The van der Waals surface area contributed by atoms with Crippen molar-refractivity contribution in [2.75, 3.05) is 0 Å². The molecule has 0 saturated carbocycles. The topological polar surface area (TPSA) is 89.3 Å². The molecule has 6 nitrogen and oxygen atoms in total. The van der Waals surface area contributed by atoms with Crippen LogP contribution in [0.4, 0.5) is 5.69 Å². The molecule has 1 N–H and O–H groups in total. The summed E-state index contributed by atoms with van der Waals surface area (Å²) >= 11 is 0. The first-order chi connectivity index (χ1) is 10.8. The molecule has 1 aromatic rings. The summed E-state index contributed by atoms with van der Waals surface area (Å²) in [6, 6.07) is 6.11. The standard InChI is InChI=1S/C17H18N2O4/c1-17(2)8-13-16(14(20)9-17)12(7-15(21)18-13)10-3-5-11(6-4-10)19(22)23/h3-6,12H,7-9H2,1-2H3,(H,18,21)/t12-/m1/s1. The van der Waals surface area contributed by atoms with E-state index in [9.17, 15) is 19.7 Å². The minimum Gasteiger partial charge on any atom is -0.329 e. The van der Waals surface area contributed by atoms with Crippen molar-refractivity contribution < 1.29 is 14.5 Å². The van der Waals surface area contributed by atoms with Gasteiger partial charge in [0.05, 0.1) is 4.92 Å². The van der Waals surface area contributed by atoms with E-state index >= 15 is 0 Å². The van der Waals surface area contributed by atoms with Crippen LogP contribution in [-0.2, 0) is 9.59 Å². The number of nitrogens with zero attached hydrogens (tertiary/aromatic N) is 1. The van der Waals surface area contributed by atoms with E-state index in [1.807, 2.05) is 13.8 Å². The van der Waals surface area contributed by atoms with Crippen LogP contribution in [-0.4, -0.2) is 16.6 Å². The number of ketones is 1. The van der Waals surface area contributed by atoms with Crippen molar-refractivity contribution in [3.8, 4) is 0 Å². The van der Waals surface area contributed by atoms with Crippen LogP contribution in [0.2, 0.25) is 0 Å². The summed E-state index contributed by atoms with van der Waals surface area (Å²) in [5.74, 6) is -0.375. The van der Waals surface area contributed by atoms with Crippen LogP contribution >= 0.6 is 0 Å². The van der Waals surface area contributed by atoms with Crippen LogP contribution in [0.15, 0.2) is 35.5 Å². The SMILES string of the molecule is CC1(C)CC(=O)C2=C(C1)NC(=O)C[C@@H]2c1ccc([N+](=O)[O-])cc1. The van der Waals surface area contributed by atoms with Gasteiger partial charge >= 0.3 is 0 Å². The van der Waals surface area contributed by atoms with E-state index in [1.54, 1.807) is 12.1 Å².